The lowest BCUT2D eigenvalue weighted by Crippen LogP contribution is -2.57. The number of carbonyl (C=O) groups is 2. The molecule has 0 aromatic rings. The Hall–Kier alpha value is -1.42. The Morgan fingerprint density at radius 1 is 0.906 bits per heavy atom. The molecule has 0 spiro atoms. The van der Waals surface area contributed by atoms with Crippen LogP contribution in [0.5, 0.6) is 0 Å². The Kier molecular flexibility index (Phi) is 11.7. The van der Waals surface area contributed by atoms with Crippen LogP contribution in [0.4, 0.5) is 0 Å². The molecule has 2 amide bonds. The number of aliphatic hydroxyl groups is 4. The SMILES string of the molecule is C[C@@H]1O[C@@H](OCCNC(=O)CNCC(=O)NCCO[C@@H]2OCCC[C@@H]2O)[C@@H](O)[C@H](O)[C@@H]1O. The van der Waals surface area contributed by atoms with Crippen LogP contribution in [-0.2, 0) is 28.5 Å². The molecule has 0 aromatic carbocycles. The van der Waals surface area contributed by atoms with E-state index >= 15 is 0 Å². The number of hydrogen-bond donors (Lipinski definition) is 7. The van der Waals surface area contributed by atoms with Crippen molar-refractivity contribution >= 4 is 11.8 Å². The largest absolute Gasteiger partial charge is 0.388 e. The highest BCUT2D eigenvalue weighted by atomic mass is 16.7. The maximum Gasteiger partial charge on any atom is 0.234 e. The highest BCUT2D eigenvalue weighted by Crippen LogP contribution is 2.21. The van der Waals surface area contributed by atoms with Crippen LogP contribution in [0, 0.1) is 0 Å². The topological polar surface area (TPSA) is 188 Å². The molecule has 13 nitrogen and oxygen atoms in total. The summed E-state index contributed by atoms with van der Waals surface area (Å²) in [6, 6.07) is 0. The summed E-state index contributed by atoms with van der Waals surface area (Å²) in [5, 5.41) is 46.8. The first-order chi connectivity index (χ1) is 15.3. The van der Waals surface area contributed by atoms with Crippen molar-refractivity contribution in [3.8, 4) is 0 Å². The predicted molar refractivity (Wildman–Crippen MR) is 108 cm³/mol. The third-order valence-corrected chi connectivity index (χ3v) is 5.03. The maximum absolute atomic E-state index is 11.8. The second kappa shape index (κ2) is 14.0. The fourth-order valence-corrected chi connectivity index (χ4v) is 3.20. The fraction of sp³-hybridized carbons (Fsp3) is 0.895. The van der Waals surface area contributed by atoms with Crippen LogP contribution in [0.3, 0.4) is 0 Å². The maximum atomic E-state index is 11.8. The van der Waals surface area contributed by atoms with Crippen LogP contribution < -0.4 is 16.0 Å². The molecule has 2 aliphatic rings. The van der Waals surface area contributed by atoms with E-state index in [9.17, 15) is 30.0 Å². The molecule has 0 aromatic heterocycles. The van der Waals surface area contributed by atoms with E-state index in [0.717, 1.165) is 6.42 Å². The van der Waals surface area contributed by atoms with Gasteiger partial charge in [-0.2, -0.15) is 0 Å². The molecule has 7 N–H and O–H groups in total. The van der Waals surface area contributed by atoms with Crippen molar-refractivity contribution in [2.45, 2.75) is 62.9 Å². The van der Waals surface area contributed by atoms with E-state index in [2.05, 4.69) is 16.0 Å². The van der Waals surface area contributed by atoms with Gasteiger partial charge in [0.1, 0.15) is 24.4 Å². The van der Waals surface area contributed by atoms with Crippen molar-refractivity contribution in [1.29, 1.82) is 0 Å². The Morgan fingerprint density at radius 3 is 2.09 bits per heavy atom. The first-order valence-electron chi connectivity index (χ1n) is 10.8. The molecule has 2 heterocycles. The fourth-order valence-electron chi connectivity index (χ4n) is 3.20. The molecule has 2 fully saturated rings. The van der Waals surface area contributed by atoms with Gasteiger partial charge in [-0.05, 0) is 19.8 Å². The zero-order valence-electron chi connectivity index (χ0n) is 18.1. The molecular formula is C19H35N3O10. The second-order valence-electron chi connectivity index (χ2n) is 7.68. The normalized spacial score (nSPS) is 33.0. The van der Waals surface area contributed by atoms with Gasteiger partial charge >= 0.3 is 0 Å². The summed E-state index contributed by atoms with van der Waals surface area (Å²) < 4.78 is 21.3. The van der Waals surface area contributed by atoms with Crippen molar-refractivity contribution < 1.29 is 49.0 Å². The van der Waals surface area contributed by atoms with Crippen LogP contribution in [0.15, 0.2) is 0 Å². The number of ether oxygens (including phenoxy) is 4. The predicted octanol–water partition coefficient (Wildman–Crippen LogP) is -3.83. The van der Waals surface area contributed by atoms with Gasteiger partial charge in [-0.15, -0.1) is 0 Å². The zero-order chi connectivity index (χ0) is 23.5. The quantitative estimate of drug-likeness (QED) is 0.140. The van der Waals surface area contributed by atoms with Gasteiger partial charge < -0.3 is 50.0 Å². The van der Waals surface area contributed by atoms with Crippen LogP contribution >= 0.6 is 0 Å². The van der Waals surface area contributed by atoms with E-state index in [1.54, 1.807) is 6.92 Å². The molecule has 0 radical (unpaired) electrons. The number of amides is 2. The third-order valence-electron chi connectivity index (χ3n) is 5.03. The van der Waals surface area contributed by atoms with Gasteiger partial charge in [0, 0.05) is 19.7 Å². The van der Waals surface area contributed by atoms with Crippen molar-refractivity contribution in [3.63, 3.8) is 0 Å². The number of aliphatic hydroxyl groups excluding tert-OH is 4. The van der Waals surface area contributed by atoms with Gasteiger partial charge in [0.2, 0.25) is 11.8 Å². The minimum absolute atomic E-state index is 0.0168. The summed E-state index contributed by atoms with van der Waals surface area (Å²) in [6.45, 7) is 2.51. The first kappa shape index (κ1) is 26.8. The Balaban J connectivity index is 1.46. The molecule has 0 saturated carbocycles. The number of hydrogen-bond acceptors (Lipinski definition) is 11. The molecule has 0 bridgehead atoms. The summed E-state index contributed by atoms with van der Waals surface area (Å²) >= 11 is 0. The molecule has 186 valence electrons. The van der Waals surface area contributed by atoms with E-state index in [-0.39, 0.29) is 51.2 Å². The van der Waals surface area contributed by atoms with Gasteiger partial charge in [-0.3, -0.25) is 14.9 Å². The van der Waals surface area contributed by atoms with Crippen LogP contribution in [-0.4, -0.2) is 121 Å². The molecular weight excluding hydrogens is 430 g/mol. The van der Waals surface area contributed by atoms with E-state index in [0.29, 0.717) is 13.0 Å². The molecule has 0 unspecified atom stereocenters. The van der Waals surface area contributed by atoms with Gasteiger partial charge in [0.05, 0.1) is 32.4 Å². The molecule has 2 saturated heterocycles. The monoisotopic (exact) mass is 465 g/mol. The van der Waals surface area contributed by atoms with Crippen molar-refractivity contribution in [2.24, 2.45) is 0 Å². The third kappa shape index (κ3) is 8.84. The highest BCUT2D eigenvalue weighted by Gasteiger charge is 2.42. The van der Waals surface area contributed by atoms with E-state index in [4.69, 9.17) is 18.9 Å². The van der Waals surface area contributed by atoms with Crippen LogP contribution in [0.1, 0.15) is 19.8 Å². The summed E-state index contributed by atoms with van der Waals surface area (Å²) in [7, 11) is 0. The Labute approximate surface area is 186 Å². The van der Waals surface area contributed by atoms with E-state index in [1.807, 2.05) is 0 Å². The number of rotatable bonds is 12. The lowest BCUT2D eigenvalue weighted by molar-refractivity contribution is -0.292. The van der Waals surface area contributed by atoms with Crippen molar-refractivity contribution in [2.75, 3.05) is 46.0 Å². The van der Waals surface area contributed by atoms with Gasteiger partial charge in [-0.1, -0.05) is 0 Å². The zero-order valence-corrected chi connectivity index (χ0v) is 18.1. The lowest BCUT2D eigenvalue weighted by Gasteiger charge is -2.38. The molecule has 2 aliphatic heterocycles. The Bertz CT molecular complexity index is 584. The van der Waals surface area contributed by atoms with E-state index in [1.165, 1.54) is 0 Å². The first-order valence-corrected chi connectivity index (χ1v) is 10.8. The molecule has 7 atom stereocenters. The smallest absolute Gasteiger partial charge is 0.234 e. The molecule has 2 rings (SSSR count). The minimum Gasteiger partial charge on any atom is -0.388 e. The number of nitrogens with one attached hydrogen (secondary N) is 3. The highest BCUT2D eigenvalue weighted by molar-refractivity contribution is 5.81. The van der Waals surface area contributed by atoms with Crippen LogP contribution in [0.2, 0.25) is 0 Å². The average Bonchev–Trinajstić information content (AvgIpc) is 2.77. The standard InChI is InChI=1S/C19H35N3O10/c1-11-15(26)16(27)17(28)19(32-11)31-8-5-22-14(25)10-20-9-13(24)21-4-7-30-18-12(23)3-2-6-29-18/h11-12,15-20,23,26-28H,2-10H2,1H3,(H,21,24)(H,22,25)/t11-,12-,15+,16+,17-,18-,19+/m0/s1. The van der Waals surface area contributed by atoms with Gasteiger partial charge in [-0.25, -0.2) is 0 Å². The second-order valence-corrected chi connectivity index (χ2v) is 7.68. The average molecular weight is 466 g/mol. The van der Waals surface area contributed by atoms with Gasteiger partial charge in [0.25, 0.3) is 0 Å². The van der Waals surface area contributed by atoms with Gasteiger partial charge in [0.15, 0.2) is 12.6 Å². The Morgan fingerprint density at radius 2 is 1.50 bits per heavy atom. The number of carbonyl (C=O) groups excluding carboxylic acids is 2. The molecule has 32 heavy (non-hydrogen) atoms. The van der Waals surface area contributed by atoms with Crippen molar-refractivity contribution in [1.82, 2.24) is 16.0 Å². The van der Waals surface area contributed by atoms with Crippen LogP contribution in [0.25, 0.3) is 0 Å². The summed E-state index contributed by atoms with van der Waals surface area (Å²) in [5.74, 6) is -0.671. The van der Waals surface area contributed by atoms with Crippen molar-refractivity contribution in [3.05, 3.63) is 0 Å². The minimum atomic E-state index is -1.40. The lowest BCUT2D eigenvalue weighted by atomic mass is 10.0. The molecule has 13 heteroatoms. The summed E-state index contributed by atoms with van der Waals surface area (Å²) in [5.41, 5.74) is 0. The van der Waals surface area contributed by atoms with E-state index < -0.39 is 43.1 Å². The summed E-state index contributed by atoms with van der Waals surface area (Å²) in [4.78, 5) is 23.5. The molecule has 0 aliphatic carbocycles. The summed E-state index contributed by atoms with van der Waals surface area (Å²) in [6.07, 6.45) is -5.72.